The van der Waals surface area contributed by atoms with Gasteiger partial charge < -0.3 is 10.1 Å². The van der Waals surface area contributed by atoms with Gasteiger partial charge in [0.2, 0.25) is 0 Å². The molecule has 7 heteroatoms. The van der Waals surface area contributed by atoms with E-state index in [9.17, 15) is 9.18 Å². The van der Waals surface area contributed by atoms with E-state index in [0.717, 1.165) is 11.1 Å². The number of hydrogen-bond donors (Lipinski definition) is 1. The second kappa shape index (κ2) is 6.85. The van der Waals surface area contributed by atoms with Crippen molar-refractivity contribution in [3.05, 3.63) is 71.1 Å². The lowest BCUT2D eigenvalue weighted by atomic mass is 10.2. The Bertz CT molecular complexity index is 1130. The number of methoxy groups -OCH3 is 1. The van der Waals surface area contributed by atoms with E-state index in [0.29, 0.717) is 27.8 Å². The Morgan fingerprint density at radius 2 is 2.00 bits per heavy atom. The van der Waals surface area contributed by atoms with Crippen molar-refractivity contribution in [2.24, 2.45) is 0 Å². The molecule has 2 heterocycles. The molecule has 0 aliphatic carbocycles. The van der Waals surface area contributed by atoms with Crippen molar-refractivity contribution < 1.29 is 13.9 Å². The number of fused-ring (bicyclic) bond motifs is 1. The van der Waals surface area contributed by atoms with Gasteiger partial charge in [-0.05, 0) is 48.9 Å². The number of aryl methyl sites for hydroxylation is 1. The molecule has 27 heavy (non-hydrogen) atoms. The van der Waals surface area contributed by atoms with Crippen LogP contribution < -0.4 is 10.1 Å². The van der Waals surface area contributed by atoms with E-state index < -0.39 is 0 Å². The highest BCUT2D eigenvalue weighted by atomic mass is 32.1. The Balaban J connectivity index is 1.67. The van der Waals surface area contributed by atoms with Gasteiger partial charge in [0.05, 0.1) is 18.5 Å². The van der Waals surface area contributed by atoms with Gasteiger partial charge in [0, 0.05) is 17.1 Å². The number of imidazole rings is 1. The van der Waals surface area contributed by atoms with E-state index in [4.69, 9.17) is 4.74 Å². The van der Waals surface area contributed by atoms with Gasteiger partial charge in [-0.2, -0.15) is 0 Å². The van der Waals surface area contributed by atoms with Crippen LogP contribution in [0.25, 0.3) is 16.2 Å². The third-order valence-corrected chi connectivity index (χ3v) is 5.02. The maximum absolute atomic E-state index is 13.1. The van der Waals surface area contributed by atoms with Crippen molar-refractivity contribution in [3.63, 3.8) is 0 Å². The van der Waals surface area contributed by atoms with Crippen LogP contribution in [0.3, 0.4) is 0 Å². The summed E-state index contributed by atoms with van der Waals surface area (Å²) in [6.45, 7) is 1.95. The SMILES string of the molecule is COc1ccc(C)cc1NC(=O)c1csc2nc(-c3ccc(F)cc3)cn12. The maximum Gasteiger partial charge on any atom is 0.273 e. The lowest BCUT2D eigenvalue weighted by Crippen LogP contribution is -2.14. The summed E-state index contributed by atoms with van der Waals surface area (Å²) in [5.41, 5.74) is 3.57. The summed E-state index contributed by atoms with van der Waals surface area (Å²) < 4.78 is 20.2. The summed E-state index contributed by atoms with van der Waals surface area (Å²) in [6.07, 6.45) is 1.78. The number of hydrogen-bond acceptors (Lipinski definition) is 4. The fourth-order valence-electron chi connectivity index (χ4n) is 2.81. The number of thiazole rings is 1. The molecule has 4 aromatic rings. The molecule has 0 bridgehead atoms. The number of carbonyl (C=O) groups is 1. The van der Waals surface area contributed by atoms with Crippen LogP contribution in [0.15, 0.2) is 54.0 Å². The van der Waals surface area contributed by atoms with Crippen molar-refractivity contribution in [1.82, 2.24) is 9.38 Å². The molecule has 0 radical (unpaired) electrons. The zero-order valence-corrected chi connectivity index (χ0v) is 15.5. The summed E-state index contributed by atoms with van der Waals surface area (Å²) in [7, 11) is 1.56. The molecular weight excluding hydrogens is 365 g/mol. The van der Waals surface area contributed by atoms with Gasteiger partial charge in [0.15, 0.2) is 4.96 Å². The van der Waals surface area contributed by atoms with Crippen LogP contribution >= 0.6 is 11.3 Å². The third kappa shape index (κ3) is 3.29. The lowest BCUT2D eigenvalue weighted by Gasteiger charge is -2.10. The molecule has 0 fully saturated rings. The highest BCUT2D eigenvalue weighted by Gasteiger charge is 2.17. The molecule has 0 spiro atoms. The van der Waals surface area contributed by atoms with Crippen molar-refractivity contribution in [1.29, 1.82) is 0 Å². The van der Waals surface area contributed by atoms with Gasteiger partial charge in [0.25, 0.3) is 5.91 Å². The first-order valence-corrected chi connectivity index (χ1v) is 9.11. The van der Waals surface area contributed by atoms with Crippen molar-refractivity contribution in [2.75, 3.05) is 12.4 Å². The van der Waals surface area contributed by atoms with E-state index >= 15 is 0 Å². The van der Waals surface area contributed by atoms with Crippen LogP contribution in [0.2, 0.25) is 0 Å². The number of amides is 1. The van der Waals surface area contributed by atoms with Crippen molar-refractivity contribution in [2.45, 2.75) is 6.92 Å². The molecule has 0 saturated heterocycles. The summed E-state index contributed by atoms with van der Waals surface area (Å²) in [5.74, 6) is 0.0400. The topological polar surface area (TPSA) is 55.6 Å². The molecule has 5 nitrogen and oxygen atoms in total. The molecule has 0 aliphatic heterocycles. The molecule has 136 valence electrons. The normalized spacial score (nSPS) is 10.9. The summed E-state index contributed by atoms with van der Waals surface area (Å²) in [5, 5.41) is 4.66. The molecule has 0 aliphatic rings. The highest BCUT2D eigenvalue weighted by molar-refractivity contribution is 7.15. The number of rotatable bonds is 4. The van der Waals surface area contributed by atoms with Crippen LogP contribution in [0.1, 0.15) is 16.1 Å². The van der Waals surface area contributed by atoms with Crippen LogP contribution in [0.5, 0.6) is 5.75 Å². The second-order valence-electron chi connectivity index (χ2n) is 6.06. The first kappa shape index (κ1) is 17.2. The summed E-state index contributed by atoms with van der Waals surface area (Å²) in [4.78, 5) is 18.0. The van der Waals surface area contributed by atoms with Gasteiger partial charge >= 0.3 is 0 Å². The first-order valence-electron chi connectivity index (χ1n) is 8.23. The van der Waals surface area contributed by atoms with E-state index in [1.165, 1.54) is 23.5 Å². The van der Waals surface area contributed by atoms with Crippen molar-refractivity contribution >= 4 is 27.9 Å². The number of nitrogens with one attached hydrogen (secondary N) is 1. The van der Waals surface area contributed by atoms with Gasteiger partial charge in [0.1, 0.15) is 17.3 Å². The molecule has 4 rings (SSSR count). The minimum absolute atomic E-state index is 0.256. The van der Waals surface area contributed by atoms with E-state index in [2.05, 4.69) is 10.3 Å². The Hall–Kier alpha value is -3.19. The van der Waals surface area contributed by atoms with Crippen LogP contribution in [0.4, 0.5) is 10.1 Å². The molecule has 2 aromatic carbocycles. The number of ether oxygens (including phenoxy) is 1. The summed E-state index contributed by atoms with van der Waals surface area (Å²) >= 11 is 1.37. The first-order chi connectivity index (χ1) is 13.0. The predicted octanol–water partition coefficient (Wildman–Crippen LogP) is 4.77. The van der Waals surface area contributed by atoms with Crippen LogP contribution in [-0.4, -0.2) is 22.4 Å². The van der Waals surface area contributed by atoms with Crippen molar-refractivity contribution in [3.8, 4) is 17.0 Å². The third-order valence-electron chi connectivity index (χ3n) is 4.18. The number of nitrogens with zero attached hydrogens (tertiary/aromatic N) is 2. The highest BCUT2D eigenvalue weighted by Crippen LogP contribution is 2.28. The molecule has 0 atom stereocenters. The fourth-order valence-corrected chi connectivity index (χ4v) is 3.67. The summed E-state index contributed by atoms with van der Waals surface area (Å²) in [6, 6.07) is 11.7. The minimum Gasteiger partial charge on any atom is -0.495 e. The fraction of sp³-hybridized carbons (Fsp3) is 0.100. The Labute approximate surface area is 159 Å². The van der Waals surface area contributed by atoms with Gasteiger partial charge in [-0.25, -0.2) is 9.37 Å². The monoisotopic (exact) mass is 381 g/mol. The van der Waals surface area contributed by atoms with Crippen LogP contribution in [0, 0.1) is 12.7 Å². The molecule has 0 unspecified atom stereocenters. The molecular formula is C20H16FN3O2S. The number of carbonyl (C=O) groups excluding carboxylic acids is 1. The Kier molecular flexibility index (Phi) is 4.37. The molecule has 1 amide bonds. The van der Waals surface area contributed by atoms with Gasteiger partial charge in [-0.1, -0.05) is 6.07 Å². The predicted molar refractivity (Wildman–Crippen MR) is 104 cm³/mol. The smallest absolute Gasteiger partial charge is 0.273 e. The average molecular weight is 381 g/mol. The number of anilines is 1. The van der Waals surface area contributed by atoms with Crippen LogP contribution in [-0.2, 0) is 0 Å². The average Bonchev–Trinajstić information content (AvgIpc) is 3.23. The van der Waals surface area contributed by atoms with E-state index in [1.54, 1.807) is 35.2 Å². The number of benzene rings is 2. The Morgan fingerprint density at radius 3 is 2.74 bits per heavy atom. The lowest BCUT2D eigenvalue weighted by molar-refractivity contribution is 0.102. The van der Waals surface area contributed by atoms with E-state index in [-0.39, 0.29) is 11.7 Å². The standard InChI is InChI=1S/C20H16FN3O2S/c1-12-3-8-18(26-2)15(9-12)22-19(25)17-11-27-20-23-16(10-24(17)20)13-4-6-14(21)7-5-13/h3-11H,1-2H3,(H,22,25). The number of aromatic nitrogens is 2. The molecule has 0 saturated carbocycles. The largest absolute Gasteiger partial charge is 0.495 e. The minimum atomic E-state index is -0.299. The maximum atomic E-state index is 13.1. The van der Waals surface area contributed by atoms with Gasteiger partial charge in [-0.15, -0.1) is 11.3 Å². The zero-order valence-electron chi connectivity index (χ0n) is 14.7. The second-order valence-corrected chi connectivity index (χ2v) is 6.90. The quantitative estimate of drug-likeness (QED) is 0.554. The number of halogens is 1. The van der Waals surface area contributed by atoms with E-state index in [1.807, 2.05) is 25.1 Å². The Morgan fingerprint density at radius 1 is 1.22 bits per heavy atom. The van der Waals surface area contributed by atoms with Gasteiger partial charge in [-0.3, -0.25) is 9.20 Å². The zero-order chi connectivity index (χ0) is 19.0. The molecule has 2 aromatic heterocycles. The molecule has 1 N–H and O–H groups in total.